The van der Waals surface area contributed by atoms with Gasteiger partial charge in [-0.25, -0.2) is 14.5 Å². The van der Waals surface area contributed by atoms with Crippen molar-refractivity contribution >= 4 is 23.4 Å². The Morgan fingerprint density at radius 1 is 1.18 bits per heavy atom. The molecule has 0 spiro atoms. The second-order valence-electron chi connectivity index (χ2n) is 9.42. The zero-order chi connectivity index (χ0) is 27.0. The molecule has 2 aromatic heterocycles. The van der Waals surface area contributed by atoms with Crippen LogP contribution in [0.25, 0.3) is 11.8 Å². The van der Waals surface area contributed by atoms with Crippen molar-refractivity contribution in [2.24, 2.45) is 4.99 Å². The number of benzene rings is 2. The molecule has 0 bridgehead atoms. The van der Waals surface area contributed by atoms with Crippen LogP contribution in [0.1, 0.15) is 50.6 Å². The number of hydrogen-bond donors (Lipinski definition) is 1. The molecule has 1 N–H and O–H groups in total. The van der Waals surface area contributed by atoms with Crippen LogP contribution < -0.4 is 14.9 Å². The fraction of sp³-hybridized carbons (Fsp3) is 0.250. The molecular weight excluding hydrogens is 502 g/mol. The van der Waals surface area contributed by atoms with E-state index in [4.69, 9.17) is 4.74 Å². The molecular formula is C28H27N5O4S. The summed E-state index contributed by atoms with van der Waals surface area (Å²) < 4.78 is 8.97. The minimum absolute atomic E-state index is 0.223. The lowest BCUT2D eigenvalue weighted by atomic mass is 9.96. The van der Waals surface area contributed by atoms with Gasteiger partial charge >= 0.3 is 5.97 Å². The lowest BCUT2D eigenvalue weighted by Crippen LogP contribution is -2.39. The molecule has 38 heavy (non-hydrogen) atoms. The van der Waals surface area contributed by atoms with Crippen LogP contribution in [0.3, 0.4) is 0 Å². The number of hydrogen-bond acceptors (Lipinski definition) is 8. The molecule has 9 nitrogen and oxygen atoms in total. The van der Waals surface area contributed by atoms with Crippen LogP contribution in [0.15, 0.2) is 81.9 Å². The maximum atomic E-state index is 13.8. The molecule has 0 radical (unpaired) electrons. The third kappa shape index (κ3) is 4.75. The van der Waals surface area contributed by atoms with Gasteiger partial charge in [0.05, 0.1) is 40.3 Å². The number of carbonyl (C=O) groups excluding carboxylic acids is 1. The number of thiazole rings is 1. The second-order valence-corrected chi connectivity index (χ2v) is 10.4. The molecule has 0 fully saturated rings. The third-order valence-electron chi connectivity index (χ3n) is 6.19. The summed E-state index contributed by atoms with van der Waals surface area (Å²) in [4.78, 5) is 31.8. The Balaban J connectivity index is 1.62. The summed E-state index contributed by atoms with van der Waals surface area (Å²) in [7, 11) is 0. The standard InChI is InChI=1S/C28H27N5O4S/c1-5-37-26(35)23-17(2)29-27-33(24(23)19-11-7-6-8-12-19)25(34)21(38-27)15-18-10-9-13-20(14-18)32-16-22(30-31-32)28(3,4)36/h6-16,24,36H,5H2,1-4H3/b21-15-. The van der Waals surface area contributed by atoms with Crippen LogP contribution >= 0.6 is 11.3 Å². The normalized spacial score (nSPS) is 15.8. The first-order valence-corrected chi connectivity index (χ1v) is 13.0. The summed E-state index contributed by atoms with van der Waals surface area (Å²) in [5, 5.41) is 18.4. The maximum absolute atomic E-state index is 13.8. The van der Waals surface area contributed by atoms with Crippen molar-refractivity contribution in [3.63, 3.8) is 0 Å². The highest BCUT2D eigenvalue weighted by Crippen LogP contribution is 2.30. The zero-order valence-electron chi connectivity index (χ0n) is 21.5. The van der Waals surface area contributed by atoms with E-state index in [1.165, 1.54) is 11.3 Å². The number of aromatic nitrogens is 4. The predicted octanol–water partition coefficient (Wildman–Crippen LogP) is 2.61. The Morgan fingerprint density at radius 2 is 1.95 bits per heavy atom. The Hall–Kier alpha value is -4.15. The number of carbonyl (C=O) groups is 1. The molecule has 2 aromatic carbocycles. The van der Waals surface area contributed by atoms with E-state index in [1.807, 2.05) is 54.6 Å². The van der Waals surface area contributed by atoms with E-state index in [0.717, 1.165) is 16.8 Å². The van der Waals surface area contributed by atoms with Crippen molar-refractivity contribution in [3.05, 3.63) is 109 Å². The van der Waals surface area contributed by atoms with E-state index < -0.39 is 17.6 Å². The van der Waals surface area contributed by atoms with E-state index in [9.17, 15) is 14.7 Å². The molecule has 1 aliphatic heterocycles. The predicted molar refractivity (Wildman–Crippen MR) is 143 cm³/mol. The van der Waals surface area contributed by atoms with E-state index >= 15 is 0 Å². The molecule has 0 aliphatic carbocycles. The van der Waals surface area contributed by atoms with Crippen LogP contribution in [0, 0.1) is 0 Å². The van der Waals surface area contributed by atoms with E-state index in [1.54, 1.807) is 49.2 Å². The number of allylic oxidation sites excluding steroid dienone is 1. The van der Waals surface area contributed by atoms with Gasteiger partial charge in [-0.1, -0.05) is 59.0 Å². The summed E-state index contributed by atoms with van der Waals surface area (Å²) >= 11 is 1.27. The second kappa shape index (κ2) is 9.96. The van der Waals surface area contributed by atoms with Gasteiger partial charge in [0.15, 0.2) is 4.80 Å². The van der Waals surface area contributed by atoms with E-state index in [0.29, 0.717) is 26.3 Å². The zero-order valence-corrected chi connectivity index (χ0v) is 22.3. The van der Waals surface area contributed by atoms with Gasteiger partial charge in [-0.2, -0.15) is 0 Å². The summed E-state index contributed by atoms with van der Waals surface area (Å²) in [5.74, 6) is -0.483. The SMILES string of the molecule is CCOC(=O)C1=C(C)N=c2s/c(=C\c3cccc(-n4cc(C(C)(C)O)nn4)c3)c(=O)n2C1c1ccccc1. The highest BCUT2D eigenvalue weighted by atomic mass is 32.1. The van der Waals surface area contributed by atoms with Crippen LogP contribution in [0.4, 0.5) is 0 Å². The van der Waals surface area contributed by atoms with Crippen molar-refractivity contribution in [2.45, 2.75) is 39.3 Å². The number of nitrogens with zero attached hydrogens (tertiary/aromatic N) is 5. The minimum Gasteiger partial charge on any atom is -0.463 e. The first-order valence-electron chi connectivity index (χ1n) is 12.2. The van der Waals surface area contributed by atoms with Gasteiger partial charge in [0.1, 0.15) is 11.3 Å². The van der Waals surface area contributed by atoms with Crippen molar-refractivity contribution in [1.82, 2.24) is 19.6 Å². The van der Waals surface area contributed by atoms with Gasteiger partial charge in [0.25, 0.3) is 5.56 Å². The Morgan fingerprint density at radius 3 is 2.63 bits per heavy atom. The van der Waals surface area contributed by atoms with Crippen molar-refractivity contribution in [3.8, 4) is 5.69 Å². The third-order valence-corrected chi connectivity index (χ3v) is 7.17. The monoisotopic (exact) mass is 529 g/mol. The van der Waals surface area contributed by atoms with Crippen LogP contribution in [-0.4, -0.2) is 37.2 Å². The van der Waals surface area contributed by atoms with Gasteiger partial charge in [0, 0.05) is 0 Å². The largest absolute Gasteiger partial charge is 0.463 e. The maximum Gasteiger partial charge on any atom is 0.338 e. The number of ether oxygens (including phenoxy) is 1. The fourth-order valence-electron chi connectivity index (χ4n) is 4.32. The summed E-state index contributed by atoms with van der Waals surface area (Å²) in [5.41, 5.74) is 2.29. The Kier molecular flexibility index (Phi) is 6.68. The number of rotatable bonds is 6. The topological polar surface area (TPSA) is 112 Å². The van der Waals surface area contributed by atoms with E-state index in [2.05, 4.69) is 15.3 Å². The average molecular weight is 530 g/mol. The summed E-state index contributed by atoms with van der Waals surface area (Å²) in [6.07, 6.45) is 3.47. The molecule has 1 unspecified atom stereocenters. The molecule has 10 heteroatoms. The van der Waals surface area contributed by atoms with Gasteiger partial charge in [-0.3, -0.25) is 9.36 Å². The average Bonchev–Trinajstić information content (AvgIpc) is 3.50. The Labute approximate surface area is 222 Å². The van der Waals surface area contributed by atoms with Gasteiger partial charge in [-0.15, -0.1) is 5.10 Å². The number of esters is 1. The first-order chi connectivity index (χ1) is 18.2. The lowest BCUT2D eigenvalue weighted by molar-refractivity contribution is -0.139. The molecule has 0 amide bonds. The van der Waals surface area contributed by atoms with E-state index in [-0.39, 0.29) is 12.2 Å². The van der Waals surface area contributed by atoms with Gasteiger partial charge < -0.3 is 9.84 Å². The molecule has 4 aromatic rings. The molecule has 1 atom stereocenters. The number of aliphatic hydroxyl groups is 1. The summed E-state index contributed by atoms with van der Waals surface area (Å²) in [6, 6.07) is 16.3. The number of fused-ring (bicyclic) bond motifs is 1. The first kappa shape index (κ1) is 25.5. The van der Waals surface area contributed by atoms with Gasteiger partial charge in [-0.05, 0) is 57.0 Å². The van der Waals surface area contributed by atoms with Crippen LogP contribution in [0.2, 0.25) is 0 Å². The van der Waals surface area contributed by atoms with Crippen molar-refractivity contribution in [2.75, 3.05) is 6.61 Å². The molecule has 0 saturated carbocycles. The Bertz CT molecular complexity index is 1720. The molecule has 5 rings (SSSR count). The quantitative estimate of drug-likeness (QED) is 0.385. The minimum atomic E-state index is -1.11. The molecule has 194 valence electrons. The molecule has 3 heterocycles. The molecule has 1 aliphatic rings. The smallest absolute Gasteiger partial charge is 0.338 e. The van der Waals surface area contributed by atoms with Crippen molar-refractivity contribution in [1.29, 1.82) is 0 Å². The molecule has 0 saturated heterocycles. The van der Waals surface area contributed by atoms with Crippen LogP contribution in [0.5, 0.6) is 0 Å². The van der Waals surface area contributed by atoms with Gasteiger partial charge in [0.2, 0.25) is 0 Å². The highest BCUT2D eigenvalue weighted by molar-refractivity contribution is 7.07. The summed E-state index contributed by atoms with van der Waals surface area (Å²) in [6.45, 7) is 7.04. The fourth-order valence-corrected chi connectivity index (χ4v) is 5.37. The van der Waals surface area contributed by atoms with Crippen molar-refractivity contribution < 1.29 is 14.6 Å². The highest BCUT2D eigenvalue weighted by Gasteiger charge is 2.33. The lowest BCUT2D eigenvalue weighted by Gasteiger charge is -2.24. The van der Waals surface area contributed by atoms with Crippen LogP contribution in [-0.2, 0) is 15.1 Å².